The third kappa shape index (κ3) is 3.52. The highest BCUT2D eigenvalue weighted by atomic mass is 16.4. The first kappa shape index (κ1) is 13.5. The molecule has 1 heterocycles. The fourth-order valence-corrected chi connectivity index (χ4v) is 1.56. The van der Waals surface area contributed by atoms with E-state index in [1.54, 1.807) is 54.9 Å². The number of carboxylic acid groups (broad SMARTS) is 1. The van der Waals surface area contributed by atoms with E-state index in [1.807, 2.05) is 0 Å². The molecule has 1 aromatic carbocycles. The molecule has 0 aliphatic rings. The monoisotopic (exact) mass is 268 g/mol. The maximum absolute atomic E-state index is 11.9. The number of pyridine rings is 1. The van der Waals surface area contributed by atoms with Gasteiger partial charge in [0, 0.05) is 18.0 Å². The Balaban J connectivity index is 2.21. The quantitative estimate of drug-likeness (QED) is 0.830. The Morgan fingerprint density at radius 2 is 1.70 bits per heavy atom. The SMILES string of the molecule is O=C(O)/C(=C\c1ccncc1)NC(=O)c1ccccc1. The van der Waals surface area contributed by atoms with E-state index < -0.39 is 11.9 Å². The van der Waals surface area contributed by atoms with Crippen molar-refractivity contribution in [1.29, 1.82) is 0 Å². The van der Waals surface area contributed by atoms with Crippen molar-refractivity contribution in [2.45, 2.75) is 0 Å². The summed E-state index contributed by atoms with van der Waals surface area (Å²) in [6.45, 7) is 0. The zero-order valence-electron chi connectivity index (χ0n) is 10.5. The number of hydrogen-bond acceptors (Lipinski definition) is 3. The second-order valence-electron chi connectivity index (χ2n) is 3.96. The first-order valence-corrected chi connectivity index (χ1v) is 5.88. The number of carbonyl (C=O) groups excluding carboxylic acids is 1. The van der Waals surface area contributed by atoms with Crippen LogP contribution in [-0.4, -0.2) is 22.0 Å². The van der Waals surface area contributed by atoms with Crippen molar-refractivity contribution < 1.29 is 14.7 Å². The van der Waals surface area contributed by atoms with Crippen molar-refractivity contribution in [3.63, 3.8) is 0 Å². The number of carboxylic acids is 1. The molecule has 0 fully saturated rings. The van der Waals surface area contributed by atoms with Crippen molar-refractivity contribution in [1.82, 2.24) is 10.3 Å². The summed E-state index contributed by atoms with van der Waals surface area (Å²) in [5.41, 5.74) is 0.852. The number of nitrogens with zero attached hydrogens (tertiary/aromatic N) is 1. The molecule has 0 unspecified atom stereocenters. The van der Waals surface area contributed by atoms with Crippen LogP contribution in [0.25, 0.3) is 6.08 Å². The van der Waals surface area contributed by atoms with Gasteiger partial charge >= 0.3 is 5.97 Å². The van der Waals surface area contributed by atoms with E-state index in [2.05, 4.69) is 10.3 Å². The maximum atomic E-state index is 11.9. The topological polar surface area (TPSA) is 79.3 Å². The molecular formula is C15H12N2O3. The molecule has 0 aliphatic heterocycles. The molecule has 0 atom stereocenters. The van der Waals surface area contributed by atoms with Crippen molar-refractivity contribution in [3.05, 3.63) is 71.7 Å². The molecule has 2 N–H and O–H groups in total. The minimum absolute atomic E-state index is 0.190. The van der Waals surface area contributed by atoms with Crippen LogP contribution in [0.15, 0.2) is 60.6 Å². The normalized spacial score (nSPS) is 10.9. The fourth-order valence-electron chi connectivity index (χ4n) is 1.56. The highest BCUT2D eigenvalue weighted by Crippen LogP contribution is 2.06. The molecule has 2 aromatic rings. The van der Waals surface area contributed by atoms with Gasteiger partial charge in [0.2, 0.25) is 0 Å². The Kier molecular flexibility index (Phi) is 4.24. The lowest BCUT2D eigenvalue weighted by molar-refractivity contribution is -0.132. The average Bonchev–Trinajstić information content (AvgIpc) is 2.48. The molecule has 0 saturated heterocycles. The van der Waals surface area contributed by atoms with Gasteiger partial charge in [-0.2, -0.15) is 0 Å². The molecule has 0 saturated carbocycles. The molecule has 1 aromatic heterocycles. The van der Waals surface area contributed by atoms with Gasteiger partial charge in [-0.1, -0.05) is 18.2 Å². The lowest BCUT2D eigenvalue weighted by Gasteiger charge is -2.06. The predicted molar refractivity (Wildman–Crippen MR) is 73.8 cm³/mol. The van der Waals surface area contributed by atoms with Gasteiger partial charge in [-0.15, -0.1) is 0 Å². The highest BCUT2D eigenvalue weighted by molar-refractivity contribution is 6.02. The van der Waals surface area contributed by atoms with Crippen LogP contribution in [0.3, 0.4) is 0 Å². The van der Waals surface area contributed by atoms with Crippen molar-refractivity contribution in [3.8, 4) is 0 Å². The van der Waals surface area contributed by atoms with Crippen LogP contribution >= 0.6 is 0 Å². The molecule has 2 rings (SSSR count). The lowest BCUT2D eigenvalue weighted by atomic mass is 10.2. The molecule has 1 amide bonds. The molecule has 100 valence electrons. The van der Waals surface area contributed by atoms with Gasteiger partial charge < -0.3 is 10.4 Å². The zero-order valence-corrected chi connectivity index (χ0v) is 10.5. The van der Waals surface area contributed by atoms with Crippen molar-refractivity contribution in [2.75, 3.05) is 0 Å². The van der Waals surface area contributed by atoms with Crippen molar-refractivity contribution in [2.24, 2.45) is 0 Å². The minimum Gasteiger partial charge on any atom is -0.477 e. The molecule has 0 spiro atoms. The van der Waals surface area contributed by atoms with E-state index in [9.17, 15) is 9.59 Å². The van der Waals surface area contributed by atoms with Gasteiger partial charge in [0.05, 0.1) is 0 Å². The highest BCUT2D eigenvalue weighted by Gasteiger charge is 2.12. The minimum atomic E-state index is -1.20. The third-order valence-corrected chi connectivity index (χ3v) is 2.53. The van der Waals surface area contributed by atoms with Gasteiger partial charge in [-0.3, -0.25) is 9.78 Å². The smallest absolute Gasteiger partial charge is 0.352 e. The van der Waals surface area contributed by atoms with Gasteiger partial charge in [-0.25, -0.2) is 4.79 Å². The van der Waals surface area contributed by atoms with Crippen molar-refractivity contribution >= 4 is 18.0 Å². The fraction of sp³-hybridized carbons (Fsp3) is 0. The van der Waals surface area contributed by atoms with Gasteiger partial charge in [0.15, 0.2) is 0 Å². The van der Waals surface area contributed by atoms with Crippen LogP contribution in [0.4, 0.5) is 0 Å². The van der Waals surface area contributed by atoms with E-state index in [1.165, 1.54) is 6.08 Å². The Hall–Kier alpha value is -2.95. The van der Waals surface area contributed by atoms with E-state index in [0.29, 0.717) is 11.1 Å². The van der Waals surface area contributed by atoms with Crippen LogP contribution in [-0.2, 0) is 4.79 Å². The predicted octanol–water partition coefficient (Wildman–Crippen LogP) is 1.94. The molecule has 0 aliphatic carbocycles. The molecule has 0 bridgehead atoms. The van der Waals surface area contributed by atoms with Crippen LogP contribution in [0.2, 0.25) is 0 Å². The average molecular weight is 268 g/mol. The molecule has 5 nitrogen and oxygen atoms in total. The molecule has 0 radical (unpaired) electrons. The summed E-state index contributed by atoms with van der Waals surface area (Å²) < 4.78 is 0. The van der Waals surface area contributed by atoms with E-state index >= 15 is 0 Å². The lowest BCUT2D eigenvalue weighted by Crippen LogP contribution is -2.27. The Labute approximate surface area is 115 Å². The number of benzene rings is 1. The summed E-state index contributed by atoms with van der Waals surface area (Å²) in [6.07, 6.45) is 4.47. The first-order valence-electron chi connectivity index (χ1n) is 5.88. The molecule has 20 heavy (non-hydrogen) atoms. The second-order valence-corrected chi connectivity index (χ2v) is 3.96. The zero-order chi connectivity index (χ0) is 14.4. The Morgan fingerprint density at radius 1 is 1.05 bits per heavy atom. The van der Waals surface area contributed by atoms with Crippen LogP contribution < -0.4 is 5.32 Å². The summed E-state index contributed by atoms with van der Waals surface area (Å²) >= 11 is 0. The maximum Gasteiger partial charge on any atom is 0.352 e. The van der Waals surface area contributed by atoms with Gasteiger partial charge in [0.25, 0.3) is 5.91 Å². The molecule has 5 heteroatoms. The standard InChI is InChI=1S/C15H12N2O3/c18-14(12-4-2-1-3-5-12)17-13(15(19)20)10-11-6-8-16-9-7-11/h1-10H,(H,17,18)(H,19,20)/b13-10+. The van der Waals surface area contributed by atoms with E-state index in [-0.39, 0.29) is 5.70 Å². The summed E-state index contributed by atoms with van der Waals surface area (Å²) in [5, 5.41) is 11.5. The second kappa shape index (κ2) is 6.29. The van der Waals surface area contributed by atoms with E-state index in [0.717, 1.165) is 0 Å². The van der Waals surface area contributed by atoms with Crippen LogP contribution in [0, 0.1) is 0 Å². The number of rotatable bonds is 4. The summed E-state index contributed by atoms with van der Waals surface area (Å²) in [7, 11) is 0. The summed E-state index contributed by atoms with van der Waals surface area (Å²) in [5.74, 6) is -1.67. The first-order chi connectivity index (χ1) is 9.66. The molecular weight excluding hydrogens is 256 g/mol. The number of aliphatic carboxylic acids is 1. The number of amides is 1. The number of hydrogen-bond donors (Lipinski definition) is 2. The number of nitrogens with one attached hydrogen (secondary N) is 1. The largest absolute Gasteiger partial charge is 0.477 e. The van der Waals surface area contributed by atoms with Gasteiger partial charge in [-0.05, 0) is 35.9 Å². The van der Waals surface area contributed by atoms with Crippen LogP contribution in [0.1, 0.15) is 15.9 Å². The Morgan fingerprint density at radius 3 is 2.30 bits per heavy atom. The Bertz CT molecular complexity index is 637. The van der Waals surface area contributed by atoms with Gasteiger partial charge in [0.1, 0.15) is 5.70 Å². The summed E-state index contributed by atoms with van der Waals surface area (Å²) in [6, 6.07) is 11.7. The number of carbonyl (C=O) groups is 2. The van der Waals surface area contributed by atoms with E-state index in [4.69, 9.17) is 5.11 Å². The third-order valence-electron chi connectivity index (χ3n) is 2.53. The van der Waals surface area contributed by atoms with Crippen LogP contribution in [0.5, 0.6) is 0 Å². The summed E-state index contributed by atoms with van der Waals surface area (Å²) in [4.78, 5) is 26.9. The number of aromatic nitrogens is 1.